The largest absolute Gasteiger partial charge is 0.726 e. The third kappa shape index (κ3) is 6.96. The predicted molar refractivity (Wildman–Crippen MR) is 189 cm³/mol. The maximum absolute atomic E-state index is 15.0. The zero-order valence-electron chi connectivity index (χ0n) is 30.1. The highest BCUT2D eigenvalue weighted by Crippen LogP contribution is 2.42. The fraction of sp³-hybridized carbons (Fsp3) is 0.410. The number of carbonyl (C=O) groups excluding carboxylic acids is 1. The van der Waals surface area contributed by atoms with E-state index in [1.54, 1.807) is 18.2 Å². The van der Waals surface area contributed by atoms with Crippen molar-refractivity contribution in [2.75, 3.05) is 0 Å². The molecule has 0 spiro atoms. The first-order chi connectivity index (χ1) is 21.8. The molecule has 0 atom stereocenters. The highest BCUT2D eigenvalue weighted by Gasteiger charge is 2.41. The average Bonchev–Trinajstić information content (AvgIpc) is 3.61. The molecule has 1 aliphatic carbocycles. The summed E-state index contributed by atoms with van der Waals surface area (Å²) in [6.45, 7) is 24.2. The maximum atomic E-state index is 15.0. The minimum absolute atomic E-state index is 0.00413. The smallest absolute Gasteiger partial charge is 0.626 e. The highest BCUT2D eigenvalue weighted by molar-refractivity contribution is 6.53. The van der Waals surface area contributed by atoms with Crippen LogP contribution >= 0.6 is 0 Å². The highest BCUT2D eigenvalue weighted by atomic mass is 19.3. The molecule has 0 radical (unpaired) electrons. The van der Waals surface area contributed by atoms with E-state index >= 15 is 8.63 Å². The molecule has 0 saturated carbocycles. The third-order valence-electron chi connectivity index (χ3n) is 8.67. The van der Waals surface area contributed by atoms with Gasteiger partial charge in [0.15, 0.2) is 11.5 Å². The third-order valence-corrected chi connectivity index (χ3v) is 8.67. The maximum Gasteiger partial charge on any atom is 0.726 e. The van der Waals surface area contributed by atoms with E-state index in [0.717, 1.165) is 22.3 Å². The molecule has 1 aromatic rings. The van der Waals surface area contributed by atoms with Gasteiger partial charge in [0.2, 0.25) is 11.4 Å². The quantitative estimate of drug-likeness (QED) is 0.319. The lowest BCUT2D eigenvalue weighted by molar-refractivity contribution is -0.388. The van der Waals surface area contributed by atoms with Gasteiger partial charge in [0, 0.05) is 51.6 Å². The van der Waals surface area contributed by atoms with E-state index in [1.165, 1.54) is 6.08 Å². The van der Waals surface area contributed by atoms with Gasteiger partial charge in [-0.05, 0) is 58.1 Å². The van der Waals surface area contributed by atoms with E-state index in [9.17, 15) is 9.90 Å². The monoisotopic (exact) mass is 656 g/mol. The molecule has 6 nitrogen and oxygen atoms in total. The standard InChI is InChI=1S/C39H46BF2N2O4/c1-36(2,3)24-17-22(18-25(34(24)45)37(4,5)6)28-13-15-30(43-28)32-21-33(48-40(41,42)47-32)31-16-14-29(44-31)23-19-26(38(7,8)9)35(46)27(20-23)39(10,11)12/h13-21,45H,1-12H3/q-1/p+1/b32-30+. The van der Waals surface area contributed by atoms with E-state index in [1.807, 2.05) is 113 Å². The topological polar surface area (TPSA) is 82.1 Å². The number of Topliss-reactive ketones (excluding diaryl/α,β-unsaturated/α-hetero) is 1. The van der Waals surface area contributed by atoms with Gasteiger partial charge in [-0.3, -0.25) is 4.79 Å². The fourth-order valence-electron chi connectivity index (χ4n) is 5.97. The number of nitrogens with zero attached hydrogens (tertiary/aromatic N) is 1. The number of ketones is 1. The Labute approximate surface area is 283 Å². The molecule has 48 heavy (non-hydrogen) atoms. The number of halogens is 2. The van der Waals surface area contributed by atoms with Crippen LogP contribution in [-0.4, -0.2) is 29.4 Å². The van der Waals surface area contributed by atoms with Crippen LogP contribution in [0.1, 0.15) is 99.8 Å². The van der Waals surface area contributed by atoms with Gasteiger partial charge in [0.05, 0.1) is 5.70 Å². The Kier molecular flexibility index (Phi) is 8.34. The molecule has 9 heteroatoms. The number of carbonyl (C=O) groups is 1. The second-order valence-corrected chi connectivity index (χ2v) is 17.0. The van der Waals surface area contributed by atoms with E-state index in [2.05, 4.69) is 9.98 Å². The summed E-state index contributed by atoms with van der Waals surface area (Å²) in [4.78, 5) is 21.3. The van der Waals surface area contributed by atoms with E-state index in [0.29, 0.717) is 28.3 Å². The van der Waals surface area contributed by atoms with Crippen LogP contribution in [0.4, 0.5) is 8.63 Å². The molecule has 1 aromatic carbocycles. The Balaban J connectivity index is 1.58. The molecule has 0 amide bonds. The summed E-state index contributed by atoms with van der Waals surface area (Å²) < 4.78 is 40.1. The Hall–Kier alpha value is -4.27. The SMILES string of the molecule is CC(C)(C)C1=CC(=C2C=CC(C3=C/C(=C4/C=CC(c5cc(C(C)(C)C)c(O)c(C(C)(C)C)c5)=[NH+]4)O[B-](F)(F)O3)=N2)C=C(C(C)(C)C)C1=O. The molecule has 0 aromatic heterocycles. The second-order valence-electron chi connectivity index (χ2n) is 17.0. The summed E-state index contributed by atoms with van der Waals surface area (Å²) in [6, 6.07) is 3.86. The molecular formula is C39H47BF2N2O4. The molecule has 0 fully saturated rings. The molecule has 0 bridgehead atoms. The molecule has 5 rings (SSSR count). The van der Waals surface area contributed by atoms with Crippen molar-refractivity contribution in [2.45, 2.75) is 93.9 Å². The Morgan fingerprint density at radius 2 is 1.27 bits per heavy atom. The van der Waals surface area contributed by atoms with Crippen LogP contribution in [0, 0.1) is 10.8 Å². The van der Waals surface area contributed by atoms with Crippen LogP contribution in [0.25, 0.3) is 0 Å². The number of benzene rings is 1. The summed E-state index contributed by atoms with van der Waals surface area (Å²) in [5, 5.41) is 11.2. The predicted octanol–water partition coefficient (Wildman–Crippen LogP) is 7.74. The van der Waals surface area contributed by atoms with Gasteiger partial charge < -0.3 is 23.0 Å². The average molecular weight is 657 g/mol. The molecule has 3 heterocycles. The minimum Gasteiger partial charge on any atom is -0.626 e. The molecule has 0 saturated heterocycles. The second kappa shape index (κ2) is 11.4. The lowest BCUT2D eigenvalue weighted by Gasteiger charge is -2.33. The number of aromatic hydroxyl groups is 1. The number of hydrogen-bond donors (Lipinski definition) is 2. The van der Waals surface area contributed by atoms with Crippen molar-refractivity contribution in [1.29, 1.82) is 0 Å². The number of nitrogens with one attached hydrogen (secondary N) is 1. The van der Waals surface area contributed by atoms with E-state index in [4.69, 9.17) is 9.31 Å². The van der Waals surface area contributed by atoms with Crippen LogP contribution < -0.4 is 4.99 Å². The summed E-state index contributed by atoms with van der Waals surface area (Å²) in [5.74, 6) is 0.0661. The Morgan fingerprint density at radius 3 is 1.77 bits per heavy atom. The first-order valence-electron chi connectivity index (χ1n) is 16.4. The number of allylic oxidation sites excluding steroid dienone is 10. The van der Waals surface area contributed by atoms with Gasteiger partial charge in [-0.1, -0.05) is 83.1 Å². The molecular weight excluding hydrogens is 609 g/mol. The van der Waals surface area contributed by atoms with Crippen molar-refractivity contribution < 1.29 is 32.8 Å². The van der Waals surface area contributed by atoms with Crippen molar-refractivity contribution >= 4 is 24.3 Å². The summed E-state index contributed by atoms with van der Waals surface area (Å²) in [5.41, 5.74) is 4.81. The van der Waals surface area contributed by atoms with Gasteiger partial charge >= 0.3 is 7.11 Å². The molecule has 4 aliphatic rings. The minimum atomic E-state index is -4.69. The normalized spacial score (nSPS) is 21.5. The first-order valence-corrected chi connectivity index (χ1v) is 16.4. The van der Waals surface area contributed by atoms with Gasteiger partial charge in [0.25, 0.3) is 0 Å². The first kappa shape index (κ1) is 35.1. The zero-order valence-corrected chi connectivity index (χ0v) is 30.1. The van der Waals surface area contributed by atoms with Gasteiger partial charge in [-0.15, -0.1) is 0 Å². The van der Waals surface area contributed by atoms with Crippen molar-refractivity contribution in [2.24, 2.45) is 15.8 Å². The van der Waals surface area contributed by atoms with Crippen molar-refractivity contribution in [3.05, 3.63) is 111 Å². The number of rotatable bonds is 2. The summed E-state index contributed by atoms with van der Waals surface area (Å²) in [7, 11) is -4.69. The number of phenolic OH excluding ortho intramolecular Hbond substituents is 1. The summed E-state index contributed by atoms with van der Waals surface area (Å²) in [6.07, 6.45) is 12.0. The molecule has 0 unspecified atom stereocenters. The molecule has 3 aliphatic heterocycles. The van der Waals surface area contributed by atoms with Crippen LogP contribution in [0.2, 0.25) is 0 Å². The number of hydrogen-bond acceptors (Lipinski definition) is 5. The van der Waals surface area contributed by atoms with Crippen molar-refractivity contribution in [1.82, 2.24) is 0 Å². The van der Waals surface area contributed by atoms with Crippen LogP contribution in [0.15, 0.2) is 99.3 Å². The Bertz CT molecular complexity index is 1820. The molecule has 254 valence electrons. The lowest BCUT2D eigenvalue weighted by atomic mass is 9.71. The van der Waals surface area contributed by atoms with E-state index < -0.39 is 17.9 Å². The van der Waals surface area contributed by atoms with Crippen LogP contribution in [0.3, 0.4) is 0 Å². The van der Waals surface area contributed by atoms with Crippen LogP contribution in [-0.2, 0) is 24.9 Å². The lowest BCUT2D eigenvalue weighted by Crippen LogP contribution is -2.68. The number of phenols is 1. The van der Waals surface area contributed by atoms with Crippen molar-refractivity contribution in [3.8, 4) is 5.75 Å². The zero-order chi connectivity index (χ0) is 35.8. The number of aliphatic imine (C=N–C) groups is 1. The fourth-order valence-corrected chi connectivity index (χ4v) is 5.97. The Morgan fingerprint density at radius 1 is 0.729 bits per heavy atom. The van der Waals surface area contributed by atoms with Gasteiger partial charge in [-0.2, -0.15) is 0 Å². The molecule has 2 N–H and O–H groups in total. The summed E-state index contributed by atoms with van der Waals surface area (Å²) >= 11 is 0. The van der Waals surface area contributed by atoms with Crippen LogP contribution in [0.5, 0.6) is 5.75 Å². The van der Waals surface area contributed by atoms with Crippen molar-refractivity contribution in [3.63, 3.8) is 0 Å². The van der Waals surface area contributed by atoms with Gasteiger partial charge in [-0.25, -0.2) is 9.98 Å². The van der Waals surface area contributed by atoms with Gasteiger partial charge in [0.1, 0.15) is 17.2 Å². The van der Waals surface area contributed by atoms with E-state index in [-0.39, 0.29) is 39.6 Å².